The van der Waals surface area contributed by atoms with Gasteiger partial charge in [0.25, 0.3) is 0 Å². The van der Waals surface area contributed by atoms with Crippen LogP contribution in [0.1, 0.15) is 18.3 Å². The Morgan fingerprint density at radius 3 is 2.76 bits per heavy atom. The van der Waals surface area contributed by atoms with Crippen LogP contribution in [-0.2, 0) is 23.1 Å². The molecule has 1 aromatic heterocycles. The Morgan fingerprint density at radius 2 is 2.14 bits per heavy atom. The summed E-state index contributed by atoms with van der Waals surface area (Å²) >= 11 is 3.31. The van der Waals surface area contributed by atoms with Gasteiger partial charge in [-0.2, -0.15) is 5.10 Å². The minimum atomic E-state index is -3.61. The molecule has 0 aliphatic carbocycles. The van der Waals surface area contributed by atoms with E-state index in [0.717, 1.165) is 12.1 Å². The summed E-state index contributed by atoms with van der Waals surface area (Å²) in [5.41, 5.74) is 1.01. The van der Waals surface area contributed by atoms with Crippen LogP contribution in [0.5, 0.6) is 0 Å². The van der Waals surface area contributed by atoms with Crippen molar-refractivity contribution in [2.75, 3.05) is 6.54 Å². The first-order valence-electron chi connectivity index (χ1n) is 6.36. The molecule has 0 aliphatic rings. The first-order valence-corrected chi connectivity index (χ1v) is 8.63. The van der Waals surface area contributed by atoms with Gasteiger partial charge in [0, 0.05) is 11.0 Å². The van der Waals surface area contributed by atoms with Crippen LogP contribution in [0.15, 0.2) is 33.9 Å². The number of halogens is 1. The van der Waals surface area contributed by atoms with E-state index in [4.69, 9.17) is 0 Å². The minimum absolute atomic E-state index is 0.0634. The van der Waals surface area contributed by atoms with Crippen molar-refractivity contribution in [2.45, 2.75) is 24.9 Å². The molecule has 7 nitrogen and oxygen atoms in total. The first kappa shape index (κ1) is 16.1. The van der Waals surface area contributed by atoms with Crippen LogP contribution in [-0.4, -0.2) is 30.1 Å². The summed E-state index contributed by atoms with van der Waals surface area (Å²) in [6.45, 7) is 3.63. The van der Waals surface area contributed by atoms with E-state index < -0.39 is 10.0 Å². The Morgan fingerprint density at radius 1 is 1.33 bits per heavy atom. The first-order chi connectivity index (χ1) is 10.0. The van der Waals surface area contributed by atoms with Crippen LogP contribution in [0.4, 0.5) is 0 Å². The number of aromatic amines is 1. The highest BCUT2D eigenvalue weighted by atomic mass is 79.9. The maximum atomic E-state index is 12.3. The predicted molar refractivity (Wildman–Crippen MR) is 81.9 cm³/mol. The standard InChI is InChI=1S/C12H16BrN5O2S/c1-2-14-6-9-3-4-11(10(13)5-9)21(19,20)17-7-12-15-8-16-18-12/h3-5,8,14,17H,2,6-7H2,1H3,(H,15,16,18). The molecule has 0 radical (unpaired) electrons. The molecule has 3 N–H and O–H groups in total. The zero-order chi connectivity index (χ0) is 15.3. The third-order valence-electron chi connectivity index (χ3n) is 2.76. The van der Waals surface area contributed by atoms with Gasteiger partial charge < -0.3 is 5.32 Å². The van der Waals surface area contributed by atoms with Gasteiger partial charge in [-0.15, -0.1) is 0 Å². The van der Waals surface area contributed by atoms with E-state index in [-0.39, 0.29) is 11.4 Å². The largest absolute Gasteiger partial charge is 0.313 e. The highest BCUT2D eigenvalue weighted by Crippen LogP contribution is 2.23. The number of nitrogens with zero attached hydrogens (tertiary/aromatic N) is 2. The zero-order valence-electron chi connectivity index (χ0n) is 11.4. The average molecular weight is 374 g/mol. The number of aromatic nitrogens is 3. The molecule has 0 saturated heterocycles. The molecule has 0 unspecified atom stereocenters. The molecule has 0 amide bonds. The van der Waals surface area contributed by atoms with Gasteiger partial charge in [0.05, 0.1) is 11.4 Å². The van der Waals surface area contributed by atoms with Gasteiger partial charge in [-0.05, 0) is 40.2 Å². The molecule has 0 bridgehead atoms. The molecule has 9 heteroatoms. The molecule has 21 heavy (non-hydrogen) atoms. The summed E-state index contributed by atoms with van der Waals surface area (Å²) in [6.07, 6.45) is 1.33. The van der Waals surface area contributed by atoms with Crippen LogP contribution in [0.25, 0.3) is 0 Å². The van der Waals surface area contributed by atoms with Crippen molar-refractivity contribution < 1.29 is 8.42 Å². The molecule has 0 aliphatic heterocycles. The summed E-state index contributed by atoms with van der Waals surface area (Å²) in [7, 11) is -3.61. The van der Waals surface area contributed by atoms with E-state index in [2.05, 4.69) is 41.2 Å². The van der Waals surface area contributed by atoms with Crippen molar-refractivity contribution >= 4 is 26.0 Å². The van der Waals surface area contributed by atoms with Gasteiger partial charge in [-0.3, -0.25) is 5.10 Å². The lowest BCUT2D eigenvalue weighted by molar-refractivity contribution is 0.579. The molecule has 0 fully saturated rings. The SMILES string of the molecule is CCNCc1ccc(S(=O)(=O)NCc2ncn[nH]2)c(Br)c1. The summed E-state index contributed by atoms with van der Waals surface area (Å²) < 4.78 is 27.5. The number of rotatable bonds is 7. The maximum Gasteiger partial charge on any atom is 0.242 e. The van der Waals surface area contributed by atoms with Crippen molar-refractivity contribution in [3.05, 3.63) is 40.4 Å². The average Bonchev–Trinajstić information content (AvgIpc) is 2.96. The van der Waals surface area contributed by atoms with Crippen molar-refractivity contribution in [3.63, 3.8) is 0 Å². The van der Waals surface area contributed by atoms with Crippen LogP contribution >= 0.6 is 15.9 Å². The van der Waals surface area contributed by atoms with Crippen LogP contribution in [0.3, 0.4) is 0 Å². The van der Waals surface area contributed by atoms with E-state index in [1.807, 2.05) is 6.92 Å². The topological polar surface area (TPSA) is 99.8 Å². The highest BCUT2D eigenvalue weighted by molar-refractivity contribution is 9.10. The highest BCUT2D eigenvalue weighted by Gasteiger charge is 2.18. The zero-order valence-corrected chi connectivity index (χ0v) is 13.8. The van der Waals surface area contributed by atoms with E-state index in [0.29, 0.717) is 16.8 Å². The Hall–Kier alpha value is -1.29. The summed E-state index contributed by atoms with van der Waals surface area (Å²) in [4.78, 5) is 4.07. The van der Waals surface area contributed by atoms with Gasteiger partial charge in [-0.1, -0.05) is 13.0 Å². The molecule has 2 rings (SSSR count). The fourth-order valence-corrected chi connectivity index (χ4v) is 3.81. The predicted octanol–water partition coefficient (Wildman–Crippen LogP) is 1.16. The van der Waals surface area contributed by atoms with Gasteiger partial charge in [0.15, 0.2) is 0 Å². The minimum Gasteiger partial charge on any atom is -0.313 e. The maximum absolute atomic E-state index is 12.3. The van der Waals surface area contributed by atoms with Gasteiger partial charge in [0.1, 0.15) is 12.2 Å². The monoisotopic (exact) mass is 373 g/mol. The Kier molecular flexibility index (Phi) is 5.45. The van der Waals surface area contributed by atoms with Crippen LogP contribution in [0, 0.1) is 0 Å². The number of H-pyrrole nitrogens is 1. The molecular weight excluding hydrogens is 358 g/mol. The van der Waals surface area contributed by atoms with Crippen molar-refractivity contribution in [2.24, 2.45) is 0 Å². The Bertz CT molecular complexity index is 688. The molecule has 1 heterocycles. The molecule has 0 atom stereocenters. The van der Waals surface area contributed by atoms with Crippen molar-refractivity contribution in [1.82, 2.24) is 25.2 Å². The van der Waals surface area contributed by atoms with E-state index in [9.17, 15) is 8.42 Å². The van der Waals surface area contributed by atoms with Crippen LogP contribution in [0.2, 0.25) is 0 Å². The van der Waals surface area contributed by atoms with E-state index in [1.54, 1.807) is 18.2 Å². The van der Waals surface area contributed by atoms with Gasteiger partial charge in [0.2, 0.25) is 10.0 Å². The smallest absolute Gasteiger partial charge is 0.242 e. The lowest BCUT2D eigenvalue weighted by Crippen LogP contribution is -2.24. The fourth-order valence-electron chi connectivity index (χ4n) is 1.70. The quantitative estimate of drug-likeness (QED) is 0.675. The second-order valence-corrected chi connectivity index (χ2v) is 6.89. The number of benzene rings is 1. The number of sulfonamides is 1. The summed E-state index contributed by atoms with van der Waals surface area (Å²) in [5, 5.41) is 9.45. The number of hydrogen-bond acceptors (Lipinski definition) is 5. The normalized spacial score (nSPS) is 11.7. The molecule has 0 spiro atoms. The summed E-state index contributed by atoms with van der Waals surface area (Å²) in [5.74, 6) is 0.457. The summed E-state index contributed by atoms with van der Waals surface area (Å²) in [6, 6.07) is 5.17. The lowest BCUT2D eigenvalue weighted by atomic mass is 10.2. The fraction of sp³-hybridized carbons (Fsp3) is 0.333. The molecule has 2 aromatic rings. The van der Waals surface area contributed by atoms with Gasteiger partial charge >= 0.3 is 0 Å². The van der Waals surface area contributed by atoms with Crippen LogP contribution < -0.4 is 10.0 Å². The van der Waals surface area contributed by atoms with Gasteiger partial charge in [-0.25, -0.2) is 18.1 Å². The van der Waals surface area contributed by atoms with E-state index in [1.165, 1.54) is 6.33 Å². The third-order valence-corrected chi connectivity index (χ3v) is 5.14. The van der Waals surface area contributed by atoms with E-state index >= 15 is 0 Å². The van der Waals surface area contributed by atoms with Crippen molar-refractivity contribution in [1.29, 1.82) is 0 Å². The number of hydrogen-bond donors (Lipinski definition) is 3. The second-order valence-electron chi connectivity index (χ2n) is 4.30. The Balaban J connectivity index is 2.12. The third kappa shape index (κ3) is 4.34. The van der Waals surface area contributed by atoms with Crippen molar-refractivity contribution in [3.8, 4) is 0 Å². The molecule has 114 valence electrons. The Labute approximate surface area is 131 Å². The second kappa shape index (κ2) is 7.12. The molecule has 0 saturated carbocycles. The molecular formula is C12H16BrN5O2S. The lowest BCUT2D eigenvalue weighted by Gasteiger charge is -2.09. The number of nitrogens with one attached hydrogen (secondary N) is 3. The molecule has 1 aromatic carbocycles.